The minimum absolute atomic E-state index is 0.0545. The van der Waals surface area contributed by atoms with E-state index in [4.69, 9.17) is 15.3 Å². The second kappa shape index (κ2) is 17.6. The zero-order valence-corrected chi connectivity index (χ0v) is 31.9. The normalized spacial score (nSPS) is 12.8. The number of ether oxygens (including phenoxy) is 2. The summed E-state index contributed by atoms with van der Waals surface area (Å²) in [6.45, 7) is -0.159. The first kappa shape index (κ1) is 43.3. The van der Waals surface area contributed by atoms with Gasteiger partial charge in [0.15, 0.2) is 36.1 Å². The summed E-state index contributed by atoms with van der Waals surface area (Å²) in [5, 5.41) is 17.7. The molecule has 0 saturated heterocycles. The highest BCUT2D eigenvalue weighted by Gasteiger charge is 2.39. The molecule has 2 aliphatic rings. The molecule has 0 fully saturated rings. The quantitative estimate of drug-likeness (QED) is 0.0438. The molecular weight excluding hydrogens is 867 g/mol. The fourth-order valence-electron chi connectivity index (χ4n) is 5.78. The van der Waals surface area contributed by atoms with E-state index in [1.54, 1.807) is 36.4 Å². The van der Waals surface area contributed by atoms with E-state index < -0.39 is 64.4 Å². The van der Waals surface area contributed by atoms with Gasteiger partial charge in [0.2, 0.25) is 0 Å². The molecule has 6 aromatic rings. The summed E-state index contributed by atoms with van der Waals surface area (Å²) in [4.78, 5) is 90.9. The average Bonchev–Trinajstić information content (AvgIpc) is 3.85. The molecular formula is C36H27F5N14O9. The Morgan fingerprint density at radius 2 is 1.12 bits per heavy atom. The summed E-state index contributed by atoms with van der Waals surface area (Å²) < 4.78 is 77.1. The van der Waals surface area contributed by atoms with Crippen molar-refractivity contribution in [2.24, 2.45) is 5.84 Å². The van der Waals surface area contributed by atoms with E-state index in [9.17, 15) is 55.5 Å². The Hall–Kier alpha value is -8.82. The number of rotatable bonds is 8. The number of aromatic nitrogens is 6. The van der Waals surface area contributed by atoms with Crippen LogP contribution >= 0.6 is 0 Å². The summed E-state index contributed by atoms with van der Waals surface area (Å²) in [7, 11) is 0. The van der Waals surface area contributed by atoms with Gasteiger partial charge in [-0.3, -0.25) is 49.8 Å². The zero-order chi connectivity index (χ0) is 45.9. The molecule has 23 nitrogen and oxygen atoms in total. The molecule has 2 aliphatic heterocycles. The Kier molecular flexibility index (Phi) is 11.9. The highest BCUT2D eigenvalue weighted by atomic mass is 19.4. The van der Waals surface area contributed by atoms with Gasteiger partial charge in [-0.05, 0) is 35.4 Å². The lowest BCUT2D eigenvalue weighted by Gasteiger charge is -2.18. The van der Waals surface area contributed by atoms with Gasteiger partial charge in [0, 0.05) is 25.2 Å². The molecule has 0 spiro atoms. The molecule has 4 aromatic heterocycles. The van der Waals surface area contributed by atoms with Gasteiger partial charge in [0.25, 0.3) is 35.4 Å². The van der Waals surface area contributed by atoms with Crippen molar-refractivity contribution >= 4 is 64.0 Å². The van der Waals surface area contributed by atoms with Gasteiger partial charge < -0.3 is 30.7 Å². The van der Waals surface area contributed by atoms with Crippen molar-refractivity contribution in [2.45, 2.75) is 19.3 Å². The van der Waals surface area contributed by atoms with E-state index in [2.05, 4.69) is 41.4 Å². The third kappa shape index (κ3) is 9.39. The number of nitrogens with one attached hydrogen (secondary N) is 7. The van der Waals surface area contributed by atoms with Crippen LogP contribution in [0.5, 0.6) is 11.5 Å². The van der Waals surface area contributed by atoms with Crippen molar-refractivity contribution in [3.8, 4) is 11.5 Å². The minimum Gasteiger partial charge on any atom is -0.482 e. The van der Waals surface area contributed by atoms with Crippen LogP contribution < -0.4 is 52.9 Å². The molecule has 7 amide bonds. The Balaban J connectivity index is 0.000000195. The highest BCUT2D eigenvalue weighted by molar-refractivity contribution is 6.00. The van der Waals surface area contributed by atoms with Crippen molar-refractivity contribution in [1.82, 2.24) is 56.1 Å². The number of hydrogen-bond acceptors (Lipinski definition) is 14. The summed E-state index contributed by atoms with van der Waals surface area (Å²) in [6, 6.07) is 11.8. The number of anilines is 2. The van der Waals surface area contributed by atoms with Crippen LogP contribution in [0.15, 0.2) is 60.9 Å². The van der Waals surface area contributed by atoms with Gasteiger partial charge in [-0.1, -0.05) is 12.1 Å². The Labute approximate surface area is 351 Å². The number of hydrazine groups is 2. The molecule has 0 bridgehead atoms. The van der Waals surface area contributed by atoms with Gasteiger partial charge >= 0.3 is 12.1 Å². The van der Waals surface area contributed by atoms with Gasteiger partial charge in [-0.25, -0.2) is 33.6 Å². The molecule has 2 aromatic carbocycles. The van der Waals surface area contributed by atoms with E-state index in [1.807, 2.05) is 5.43 Å². The standard InChI is InChI=1S/C19H13F4N7O5.C17H14FN7O4/c20-9-6-25-30-12(17(33)28-29-18(34)19(21,22)23)4-11(27-15(9)30)16(32)24-5-8-1-2-13-10(3-8)26-14(31)7-35-13;18-9-6-21-25-12(17(28)24-19)4-11(23-15(9)25)16(27)20-5-8-1-2-13-10(3-8)22-14(26)7-29-13/h1-4,6H,5,7H2,(H,24,32)(H,26,31)(H,28,33)(H,29,34);1-4,6H,5,7,19H2,(H,20,27)(H,22,26)(H,24,28). The van der Waals surface area contributed by atoms with Crippen LogP contribution in [0.3, 0.4) is 0 Å². The van der Waals surface area contributed by atoms with E-state index in [1.165, 1.54) is 5.43 Å². The smallest absolute Gasteiger partial charge is 0.472 e. The van der Waals surface area contributed by atoms with E-state index in [-0.39, 0.29) is 55.2 Å². The topological polar surface area (TPSA) is 309 Å². The van der Waals surface area contributed by atoms with Gasteiger partial charge in [-0.15, -0.1) is 0 Å². The van der Waals surface area contributed by atoms with Crippen molar-refractivity contribution < 1.29 is 65.0 Å². The van der Waals surface area contributed by atoms with Crippen molar-refractivity contribution in [3.05, 3.63) is 106 Å². The van der Waals surface area contributed by atoms with Crippen molar-refractivity contribution in [1.29, 1.82) is 0 Å². The fourth-order valence-corrected chi connectivity index (χ4v) is 5.78. The SMILES string of the molecule is NNC(=O)c1cc(C(=O)NCc2ccc3c(c2)NC(=O)CO3)nc2c(F)cnn12.O=C1COc2ccc(CNC(=O)c3cc(C(=O)NNC(=O)C(F)(F)F)n4ncc(F)c4n3)cc2N1. The Morgan fingerprint density at radius 3 is 1.56 bits per heavy atom. The number of halogens is 5. The molecule has 64 heavy (non-hydrogen) atoms. The second-order valence-corrected chi connectivity index (χ2v) is 13.1. The molecule has 8 rings (SSSR count). The van der Waals surface area contributed by atoms with Crippen LogP contribution in [0.1, 0.15) is 53.1 Å². The summed E-state index contributed by atoms with van der Waals surface area (Å²) in [5.41, 5.74) is 4.48. The lowest BCUT2D eigenvalue weighted by Crippen LogP contribution is -2.48. The van der Waals surface area contributed by atoms with Crippen molar-refractivity contribution in [2.75, 3.05) is 23.8 Å². The number of benzene rings is 2. The number of hydrogen-bond donors (Lipinski definition) is 8. The van der Waals surface area contributed by atoms with Crippen LogP contribution in [0.25, 0.3) is 11.3 Å². The Morgan fingerprint density at radius 1 is 0.672 bits per heavy atom. The molecule has 0 saturated carbocycles. The largest absolute Gasteiger partial charge is 0.482 e. The van der Waals surface area contributed by atoms with E-state index >= 15 is 0 Å². The molecule has 330 valence electrons. The summed E-state index contributed by atoms with van der Waals surface area (Å²) in [6.07, 6.45) is -3.71. The third-order valence-corrected chi connectivity index (χ3v) is 8.73. The molecule has 9 N–H and O–H groups in total. The van der Waals surface area contributed by atoms with Gasteiger partial charge in [0.05, 0.1) is 23.8 Å². The summed E-state index contributed by atoms with van der Waals surface area (Å²) >= 11 is 0. The number of nitrogens with zero attached hydrogens (tertiary/aromatic N) is 6. The number of amides is 7. The zero-order valence-electron chi connectivity index (χ0n) is 31.9. The molecule has 0 aliphatic carbocycles. The monoisotopic (exact) mass is 894 g/mol. The molecule has 6 heterocycles. The number of fused-ring (bicyclic) bond motifs is 4. The maximum atomic E-state index is 14.1. The van der Waals surface area contributed by atoms with Gasteiger partial charge in [-0.2, -0.15) is 23.4 Å². The highest BCUT2D eigenvalue weighted by Crippen LogP contribution is 2.29. The van der Waals surface area contributed by atoms with Crippen molar-refractivity contribution in [3.63, 3.8) is 0 Å². The molecule has 28 heteroatoms. The Bertz CT molecular complexity index is 2920. The average molecular weight is 895 g/mol. The number of nitrogens with two attached hydrogens (primary N) is 1. The van der Waals surface area contributed by atoms with Crippen LogP contribution in [0.2, 0.25) is 0 Å². The van der Waals surface area contributed by atoms with Gasteiger partial charge in [0.1, 0.15) is 34.3 Å². The molecule has 0 radical (unpaired) electrons. The number of carbonyl (C=O) groups excluding carboxylic acids is 7. The van der Waals surface area contributed by atoms with Crippen LogP contribution in [-0.2, 0) is 27.5 Å². The van der Waals surface area contributed by atoms with E-state index in [0.717, 1.165) is 28.3 Å². The van der Waals surface area contributed by atoms with Crippen LogP contribution in [0, 0.1) is 11.6 Å². The maximum absolute atomic E-state index is 14.1. The number of nitrogen functional groups attached to an aromatic ring is 1. The van der Waals surface area contributed by atoms with Crippen LogP contribution in [-0.4, -0.2) is 89.9 Å². The lowest BCUT2D eigenvalue weighted by molar-refractivity contribution is -0.174. The first-order valence-electron chi connectivity index (χ1n) is 17.9. The first-order chi connectivity index (χ1) is 30.5. The number of carbonyl (C=O) groups is 7. The first-order valence-corrected chi connectivity index (χ1v) is 17.9. The number of alkyl halides is 3. The maximum Gasteiger partial charge on any atom is 0.472 e. The lowest BCUT2D eigenvalue weighted by atomic mass is 10.1. The molecule has 0 atom stereocenters. The summed E-state index contributed by atoms with van der Waals surface area (Å²) in [5.74, 6) is -2.37. The molecule has 0 unspecified atom stereocenters. The fraction of sp³-hybridized carbons (Fsp3) is 0.139. The predicted molar refractivity (Wildman–Crippen MR) is 203 cm³/mol. The second-order valence-electron chi connectivity index (χ2n) is 13.1. The van der Waals surface area contributed by atoms with E-state index in [0.29, 0.717) is 44.7 Å². The minimum atomic E-state index is -5.27. The predicted octanol–water partition coefficient (Wildman–Crippen LogP) is 0.185. The third-order valence-electron chi connectivity index (χ3n) is 8.73. The van der Waals surface area contributed by atoms with Crippen LogP contribution in [0.4, 0.5) is 33.3 Å².